The first kappa shape index (κ1) is 58.9. The number of carbonyl (C=O) groups is 8. The van der Waals surface area contributed by atoms with Gasteiger partial charge in [-0.3, -0.25) is 19.2 Å². The Bertz CT molecular complexity index is 2730. The summed E-state index contributed by atoms with van der Waals surface area (Å²) >= 11 is 3.65. The van der Waals surface area contributed by atoms with Crippen molar-refractivity contribution >= 4 is 94.8 Å². The number of fused-ring (bicyclic) bond motifs is 2. The van der Waals surface area contributed by atoms with Crippen LogP contribution in [0.4, 0.5) is 0 Å². The van der Waals surface area contributed by atoms with Gasteiger partial charge in [0.2, 0.25) is 0 Å². The van der Waals surface area contributed by atoms with E-state index >= 15 is 0 Å². The number of hydroxylamine groups is 2. The highest BCUT2D eigenvalue weighted by atomic mass is 32.2. The highest BCUT2D eigenvalue weighted by Gasteiger charge is 2.42. The molecule has 0 spiro atoms. The first-order chi connectivity index (χ1) is 37.6. The Morgan fingerprint density at radius 3 is 1.14 bits per heavy atom. The molecule has 24 heteroatoms. The third-order valence-corrected chi connectivity index (χ3v) is 17.5. The number of ether oxygens (including phenoxy) is 6. The molecule has 0 atom stereocenters. The van der Waals surface area contributed by atoms with Crippen molar-refractivity contribution in [2.24, 2.45) is 11.8 Å². The first-order valence-electron chi connectivity index (χ1n) is 25.1. The summed E-state index contributed by atoms with van der Waals surface area (Å²) < 4.78 is 34.5. The number of thioether (sulfide) groups is 4. The van der Waals surface area contributed by atoms with E-state index in [0.29, 0.717) is 64.5 Å². The van der Waals surface area contributed by atoms with Gasteiger partial charge in [-0.05, 0) is 113 Å². The van der Waals surface area contributed by atoms with Gasteiger partial charge in [0, 0.05) is 26.9 Å². The molecule has 410 valence electrons. The molecule has 2 N–H and O–H groups in total. The van der Waals surface area contributed by atoms with E-state index in [0.717, 1.165) is 72.7 Å². The average molecular weight is 1140 g/mol. The summed E-state index contributed by atoms with van der Waals surface area (Å²) in [6, 6.07) is 15.8. The zero-order valence-electron chi connectivity index (χ0n) is 42.9. The van der Waals surface area contributed by atoms with E-state index in [4.69, 9.17) is 38.1 Å². The normalized spacial score (nSPS) is 18.1. The minimum atomic E-state index is -0.931. The van der Waals surface area contributed by atoms with Crippen LogP contribution >= 0.6 is 47.0 Å². The smallest absolute Gasteiger partial charge is 0.356 e. The average Bonchev–Trinajstić information content (AvgIpc) is 4.23. The van der Waals surface area contributed by atoms with Gasteiger partial charge < -0.3 is 38.1 Å². The predicted molar refractivity (Wildman–Crippen MR) is 282 cm³/mol. The number of nitrogens with zero attached hydrogens (tertiary/aromatic N) is 2. The van der Waals surface area contributed by atoms with E-state index < -0.39 is 71.8 Å². The molecule has 0 radical (unpaired) electrons. The van der Waals surface area contributed by atoms with Crippen LogP contribution < -0.4 is 29.9 Å². The van der Waals surface area contributed by atoms with Crippen LogP contribution in [0.25, 0.3) is 0 Å². The lowest BCUT2D eigenvalue weighted by atomic mass is 9.87. The molecular formula is C54H54N4O16S4. The standard InChI is InChI=1S/C54H54N4O16S4/c1-5-7-25-57-73-49(63)33-13-21-35(22-14-33)69-47(61)31-9-17-37(18-10-31)71-51(65)39(27-55)53-75-43-41(67-29(3)59)45-46(42(44(43)76-53)68-30(4)60)78-54(77-45)40(28-56)52(66)72-38-19-11-32(12-20-38)48(62)70-36-23-15-34(16-24-36)50(64)74-58-26-8-6-2/h13-16,21-24,31-32,37-38,57-58H,5-12,17-20,25-26H2,1-4H3. The fourth-order valence-corrected chi connectivity index (χ4v) is 13.6. The minimum absolute atomic E-state index is 0.0164. The summed E-state index contributed by atoms with van der Waals surface area (Å²) in [6.45, 7) is 7.42. The van der Waals surface area contributed by atoms with Crippen molar-refractivity contribution in [1.82, 2.24) is 11.0 Å². The second kappa shape index (κ2) is 28.2. The maximum atomic E-state index is 13.7. The molecular weight excluding hydrogens is 1090 g/mol. The van der Waals surface area contributed by atoms with Crippen LogP contribution in [0.2, 0.25) is 0 Å². The second-order valence-corrected chi connectivity index (χ2v) is 22.6. The van der Waals surface area contributed by atoms with E-state index in [1.807, 2.05) is 26.0 Å². The molecule has 4 aliphatic rings. The van der Waals surface area contributed by atoms with Crippen molar-refractivity contribution in [3.63, 3.8) is 0 Å². The third-order valence-electron chi connectivity index (χ3n) is 12.3. The number of hydrogen-bond donors (Lipinski definition) is 2. The molecule has 7 rings (SSSR count). The van der Waals surface area contributed by atoms with Gasteiger partial charge in [0.15, 0.2) is 22.6 Å². The number of nitrogens with one attached hydrogen (secondary N) is 2. The molecule has 2 saturated carbocycles. The van der Waals surface area contributed by atoms with Crippen LogP contribution in [-0.4, -0.2) is 73.1 Å². The third kappa shape index (κ3) is 15.3. The summed E-state index contributed by atoms with van der Waals surface area (Å²) in [4.78, 5) is 114. The monoisotopic (exact) mass is 1140 g/mol. The van der Waals surface area contributed by atoms with Crippen LogP contribution in [0.1, 0.15) is 125 Å². The largest absolute Gasteiger partial charge is 0.458 e. The Morgan fingerprint density at radius 1 is 0.513 bits per heavy atom. The van der Waals surface area contributed by atoms with Crippen LogP contribution in [-0.2, 0) is 47.9 Å². The van der Waals surface area contributed by atoms with Crippen LogP contribution in [0, 0.1) is 34.5 Å². The quantitative estimate of drug-likeness (QED) is 0.0202. The number of benzene rings is 3. The van der Waals surface area contributed by atoms with Gasteiger partial charge >= 0.3 is 47.8 Å². The highest BCUT2D eigenvalue weighted by molar-refractivity contribution is 8.26. The summed E-state index contributed by atoms with van der Waals surface area (Å²) in [5.41, 5.74) is 5.05. The lowest BCUT2D eigenvalue weighted by Gasteiger charge is -2.27. The van der Waals surface area contributed by atoms with Crippen molar-refractivity contribution in [2.75, 3.05) is 13.1 Å². The van der Waals surface area contributed by atoms with Crippen molar-refractivity contribution in [2.45, 2.75) is 137 Å². The minimum Gasteiger partial charge on any atom is -0.458 e. The molecule has 0 amide bonds. The van der Waals surface area contributed by atoms with E-state index in [2.05, 4.69) is 11.0 Å². The fourth-order valence-electron chi connectivity index (χ4n) is 8.25. The number of hydrogen-bond acceptors (Lipinski definition) is 24. The molecule has 78 heavy (non-hydrogen) atoms. The zero-order valence-corrected chi connectivity index (χ0v) is 46.2. The zero-order chi connectivity index (χ0) is 55.9. The topological polar surface area (TPSA) is 282 Å². The van der Waals surface area contributed by atoms with E-state index in [9.17, 15) is 48.9 Å². The Labute approximate surface area is 466 Å². The van der Waals surface area contributed by atoms with Crippen LogP contribution in [0.15, 0.2) is 87.7 Å². The van der Waals surface area contributed by atoms with E-state index in [-0.39, 0.29) is 73.3 Å². The highest BCUT2D eigenvalue weighted by Crippen LogP contribution is 2.68. The summed E-state index contributed by atoms with van der Waals surface area (Å²) in [5, 5.41) is 20.7. The lowest BCUT2D eigenvalue weighted by molar-refractivity contribution is -0.149. The molecule has 3 aromatic rings. The van der Waals surface area contributed by atoms with E-state index in [1.54, 1.807) is 0 Å². The van der Waals surface area contributed by atoms with Crippen molar-refractivity contribution in [3.05, 3.63) is 79.3 Å². The molecule has 2 aliphatic heterocycles. The molecule has 0 unspecified atom stereocenters. The summed E-state index contributed by atoms with van der Waals surface area (Å²) in [5.74, 6) is -5.98. The number of nitriles is 2. The molecule has 0 bridgehead atoms. The summed E-state index contributed by atoms with van der Waals surface area (Å²) in [7, 11) is 0. The number of unbranched alkanes of at least 4 members (excludes halogenated alkanes) is 2. The van der Waals surface area contributed by atoms with Gasteiger partial charge in [-0.25, -0.2) is 19.2 Å². The first-order valence-corrected chi connectivity index (χ1v) is 28.4. The lowest BCUT2D eigenvalue weighted by Crippen LogP contribution is -2.30. The number of carbonyl (C=O) groups excluding carboxylic acids is 8. The molecule has 0 saturated heterocycles. The Kier molecular flexibility index (Phi) is 21.3. The molecule has 3 aromatic carbocycles. The van der Waals surface area contributed by atoms with Crippen molar-refractivity contribution in [1.29, 1.82) is 10.5 Å². The van der Waals surface area contributed by atoms with Gasteiger partial charge in [0.1, 0.15) is 35.8 Å². The molecule has 2 fully saturated rings. The maximum Gasteiger partial charge on any atom is 0.356 e. The predicted octanol–water partition coefficient (Wildman–Crippen LogP) is 9.74. The molecule has 0 aromatic heterocycles. The van der Waals surface area contributed by atoms with Gasteiger partial charge in [-0.2, -0.15) is 21.5 Å². The van der Waals surface area contributed by atoms with Gasteiger partial charge in [0.05, 0.1) is 51.0 Å². The Hall–Kier alpha value is -6.80. The van der Waals surface area contributed by atoms with Crippen molar-refractivity contribution < 1.29 is 76.5 Å². The fraction of sp³-hybridized carbons (Fsp3) is 0.407. The molecule has 20 nitrogen and oxygen atoms in total. The van der Waals surface area contributed by atoms with Crippen molar-refractivity contribution in [3.8, 4) is 35.1 Å². The summed E-state index contributed by atoms with van der Waals surface area (Å²) in [6.07, 6.45) is 4.81. The van der Waals surface area contributed by atoms with E-state index in [1.165, 1.54) is 62.4 Å². The molecule has 2 heterocycles. The van der Waals surface area contributed by atoms with Crippen LogP contribution in [0.3, 0.4) is 0 Å². The maximum absolute atomic E-state index is 13.7. The van der Waals surface area contributed by atoms with Gasteiger partial charge in [-0.1, -0.05) is 73.7 Å². The SMILES string of the molecule is CCCCNOC(=O)c1ccc(OC(=O)C2CCC(OC(=O)C(C#N)=C3Sc4c(OC(C)=O)c5c(c(OC(C)=O)c4S3)SC(=C(C#N)C(=O)OC3CCC(C(=O)Oc4ccc(C(=O)ONCCCC)cc4)CC3)S5)CC2)cc1. The number of esters is 6. The Balaban J connectivity index is 0.963. The van der Waals surface area contributed by atoms with Gasteiger partial charge in [0.25, 0.3) is 0 Å². The molecule has 2 aliphatic carbocycles. The second-order valence-electron chi connectivity index (χ2n) is 18.0. The van der Waals surface area contributed by atoms with Crippen LogP contribution in [0.5, 0.6) is 23.0 Å². The number of rotatable bonds is 20. The Morgan fingerprint density at radius 2 is 0.846 bits per heavy atom. The van der Waals surface area contributed by atoms with Gasteiger partial charge in [-0.15, -0.1) is 0 Å².